The Bertz CT molecular complexity index is 705. The highest BCUT2D eigenvalue weighted by Crippen LogP contribution is 2.11. The van der Waals surface area contributed by atoms with Gasteiger partial charge in [-0.05, 0) is 48.3 Å². The first-order chi connectivity index (χ1) is 12.6. The average molecular weight is 372 g/mol. The molecular formula is C20H24N2O3S. The number of ether oxygens (including phenoxy) is 1. The van der Waals surface area contributed by atoms with Gasteiger partial charge in [-0.15, -0.1) is 0 Å². The Balaban J connectivity index is 1.95. The molecule has 0 fully saturated rings. The third-order valence-corrected chi connectivity index (χ3v) is 4.54. The molecule has 6 heteroatoms. The van der Waals surface area contributed by atoms with Crippen LogP contribution in [0.25, 0.3) is 0 Å². The van der Waals surface area contributed by atoms with E-state index in [0.717, 1.165) is 17.1 Å². The first kappa shape index (κ1) is 19.8. The van der Waals surface area contributed by atoms with E-state index in [-0.39, 0.29) is 11.8 Å². The van der Waals surface area contributed by atoms with Crippen LogP contribution in [-0.4, -0.2) is 37.0 Å². The maximum absolute atomic E-state index is 12.6. The van der Waals surface area contributed by atoms with Gasteiger partial charge in [0.25, 0.3) is 5.91 Å². The smallest absolute Gasteiger partial charge is 0.251 e. The van der Waals surface area contributed by atoms with Crippen molar-refractivity contribution in [2.45, 2.75) is 19.0 Å². The van der Waals surface area contributed by atoms with E-state index in [2.05, 4.69) is 10.6 Å². The van der Waals surface area contributed by atoms with Crippen LogP contribution in [0.2, 0.25) is 0 Å². The van der Waals surface area contributed by atoms with Gasteiger partial charge < -0.3 is 15.4 Å². The lowest BCUT2D eigenvalue weighted by atomic mass is 10.1. The van der Waals surface area contributed by atoms with Crippen molar-refractivity contribution in [3.63, 3.8) is 0 Å². The molecule has 0 bridgehead atoms. The molecule has 0 saturated carbocycles. The first-order valence-electron chi connectivity index (χ1n) is 8.39. The summed E-state index contributed by atoms with van der Waals surface area (Å²) in [5.74, 6) is 1.14. The summed E-state index contributed by atoms with van der Waals surface area (Å²) in [6, 6.07) is 15.9. The summed E-state index contributed by atoms with van der Waals surface area (Å²) in [7, 11) is 1.61. The van der Waals surface area contributed by atoms with E-state index in [0.29, 0.717) is 18.5 Å². The molecule has 0 aliphatic rings. The number of carbonyl (C=O) groups is 2. The summed E-state index contributed by atoms with van der Waals surface area (Å²) < 4.78 is 5.13. The van der Waals surface area contributed by atoms with Gasteiger partial charge >= 0.3 is 0 Å². The Morgan fingerprint density at radius 1 is 1.08 bits per heavy atom. The molecular weight excluding hydrogens is 348 g/mol. The maximum atomic E-state index is 12.6. The van der Waals surface area contributed by atoms with Crippen molar-refractivity contribution >= 4 is 23.6 Å². The molecule has 2 N–H and O–H groups in total. The Labute approximate surface area is 158 Å². The first-order valence-corrected chi connectivity index (χ1v) is 9.79. The van der Waals surface area contributed by atoms with E-state index in [9.17, 15) is 9.59 Å². The standard InChI is InChI=1S/C20H24N2O3S/c1-25-17-10-8-15(9-11-17)14-21-20(24)18(12-13-26-2)22-19(23)16-6-4-3-5-7-16/h3-11,18H,12-14H2,1-2H3,(H,21,24)(H,22,23)/t18-/m0/s1. The number of carbonyl (C=O) groups excluding carboxylic acids is 2. The van der Waals surface area contributed by atoms with Gasteiger partial charge in [0, 0.05) is 12.1 Å². The highest BCUT2D eigenvalue weighted by molar-refractivity contribution is 7.98. The van der Waals surface area contributed by atoms with Gasteiger partial charge in [0.1, 0.15) is 11.8 Å². The van der Waals surface area contributed by atoms with Crippen LogP contribution in [0.4, 0.5) is 0 Å². The molecule has 2 amide bonds. The van der Waals surface area contributed by atoms with Crippen LogP contribution < -0.4 is 15.4 Å². The topological polar surface area (TPSA) is 67.4 Å². The van der Waals surface area contributed by atoms with E-state index in [1.165, 1.54) is 0 Å². The molecule has 0 radical (unpaired) electrons. The van der Waals surface area contributed by atoms with Crippen LogP contribution >= 0.6 is 11.8 Å². The van der Waals surface area contributed by atoms with Crippen molar-refractivity contribution in [3.8, 4) is 5.75 Å². The zero-order valence-electron chi connectivity index (χ0n) is 15.0. The van der Waals surface area contributed by atoms with Gasteiger partial charge in [0.05, 0.1) is 7.11 Å². The highest BCUT2D eigenvalue weighted by atomic mass is 32.2. The Hall–Kier alpha value is -2.47. The van der Waals surface area contributed by atoms with Crippen molar-refractivity contribution in [3.05, 3.63) is 65.7 Å². The lowest BCUT2D eigenvalue weighted by Gasteiger charge is -2.18. The van der Waals surface area contributed by atoms with Crippen LogP contribution in [-0.2, 0) is 11.3 Å². The van der Waals surface area contributed by atoms with Crippen molar-refractivity contribution in [1.82, 2.24) is 10.6 Å². The second-order valence-electron chi connectivity index (χ2n) is 5.74. The number of hydrogen-bond donors (Lipinski definition) is 2. The highest BCUT2D eigenvalue weighted by Gasteiger charge is 2.20. The molecule has 2 aromatic rings. The monoisotopic (exact) mass is 372 g/mol. The lowest BCUT2D eigenvalue weighted by Crippen LogP contribution is -2.46. The minimum atomic E-state index is -0.562. The Morgan fingerprint density at radius 2 is 1.77 bits per heavy atom. The zero-order valence-corrected chi connectivity index (χ0v) is 15.8. The van der Waals surface area contributed by atoms with Gasteiger partial charge in [-0.1, -0.05) is 30.3 Å². The van der Waals surface area contributed by atoms with Crippen LogP contribution in [0.15, 0.2) is 54.6 Å². The number of methoxy groups -OCH3 is 1. The largest absolute Gasteiger partial charge is 0.497 e. The predicted molar refractivity (Wildman–Crippen MR) is 106 cm³/mol. The second-order valence-corrected chi connectivity index (χ2v) is 6.73. The molecule has 0 aliphatic carbocycles. The normalized spacial score (nSPS) is 11.5. The third kappa shape index (κ3) is 6.11. The van der Waals surface area contributed by atoms with Crippen molar-refractivity contribution < 1.29 is 14.3 Å². The third-order valence-electron chi connectivity index (χ3n) is 3.89. The summed E-state index contributed by atoms with van der Waals surface area (Å²) in [6.07, 6.45) is 2.56. The summed E-state index contributed by atoms with van der Waals surface area (Å²) in [5, 5.41) is 5.74. The van der Waals surface area contributed by atoms with E-state index in [4.69, 9.17) is 4.74 Å². The summed E-state index contributed by atoms with van der Waals surface area (Å²) in [6.45, 7) is 0.403. The molecule has 5 nitrogen and oxygen atoms in total. The molecule has 0 aromatic heterocycles. The van der Waals surface area contributed by atoms with E-state index < -0.39 is 6.04 Å². The summed E-state index contributed by atoms with van der Waals surface area (Å²) >= 11 is 1.64. The number of rotatable bonds is 9. The lowest BCUT2D eigenvalue weighted by molar-refractivity contribution is -0.123. The van der Waals surface area contributed by atoms with Crippen LogP contribution in [0.1, 0.15) is 22.3 Å². The Morgan fingerprint density at radius 3 is 2.38 bits per heavy atom. The van der Waals surface area contributed by atoms with Gasteiger partial charge in [0.2, 0.25) is 5.91 Å². The molecule has 1 atom stereocenters. The molecule has 26 heavy (non-hydrogen) atoms. The molecule has 0 unspecified atom stereocenters. The molecule has 0 aliphatic heterocycles. The quantitative estimate of drug-likeness (QED) is 0.710. The van der Waals surface area contributed by atoms with Crippen LogP contribution in [0, 0.1) is 0 Å². The molecule has 138 valence electrons. The number of thioether (sulfide) groups is 1. The van der Waals surface area contributed by atoms with Gasteiger partial charge in [-0.2, -0.15) is 11.8 Å². The number of hydrogen-bond acceptors (Lipinski definition) is 4. The van der Waals surface area contributed by atoms with Crippen LogP contribution in [0.3, 0.4) is 0 Å². The van der Waals surface area contributed by atoms with E-state index in [1.54, 1.807) is 43.1 Å². The number of benzene rings is 2. The van der Waals surface area contributed by atoms with Crippen molar-refractivity contribution in [2.24, 2.45) is 0 Å². The molecule has 0 saturated heterocycles. The predicted octanol–water partition coefficient (Wildman–Crippen LogP) is 2.86. The molecule has 2 aromatic carbocycles. The van der Waals surface area contributed by atoms with Gasteiger partial charge in [-0.25, -0.2) is 0 Å². The fourth-order valence-corrected chi connectivity index (χ4v) is 2.86. The van der Waals surface area contributed by atoms with Gasteiger partial charge in [-0.3, -0.25) is 9.59 Å². The molecule has 0 heterocycles. The number of amides is 2. The molecule has 0 spiro atoms. The van der Waals surface area contributed by atoms with Gasteiger partial charge in [0.15, 0.2) is 0 Å². The van der Waals surface area contributed by atoms with Crippen LogP contribution in [0.5, 0.6) is 5.75 Å². The summed E-state index contributed by atoms with van der Waals surface area (Å²) in [5.41, 5.74) is 1.52. The Kier molecular flexibility index (Phi) is 8.02. The van der Waals surface area contributed by atoms with E-state index >= 15 is 0 Å². The van der Waals surface area contributed by atoms with E-state index in [1.807, 2.05) is 36.6 Å². The zero-order chi connectivity index (χ0) is 18.8. The minimum Gasteiger partial charge on any atom is -0.497 e. The maximum Gasteiger partial charge on any atom is 0.251 e. The second kappa shape index (κ2) is 10.5. The molecule has 2 rings (SSSR count). The van der Waals surface area contributed by atoms with Crippen molar-refractivity contribution in [2.75, 3.05) is 19.1 Å². The SMILES string of the molecule is COc1ccc(CNC(=O)[C@H](CCSC)NC(=O)c2ccccc2)cc1. The number of nitrogens with one attached hydrogen (secondary N) is 2. The van der Waals surface area contributed by atoms with Crippen molar-refractivity contribution in [1.29, 1.82) is 0 Å². The average Bonchev–Trinajstić information content (AvgIpc) is 2.70. The minimum absolute atomic E-state index is 0.181. The summed E-state index contributed by atoms with van der Waals surface area (Å²) in [4.78, 5) is 24.9. The fourth-order valence-electron chi connectivity index (χ4n) is 2.39. The fraction of sp³-hybridized carbons (Fsp3) is 0.300.